The van der Waals surface area contributed by atoms with Crippen LogP contribution in [0.3, 0.4) is 0 Å². The molecule has 1 aliphatic heterocycles. The molecule has 0 spiro atoms. The van der Waals surface area contributed by atoms with Crippen molar-refractivity contribution in [3.63, 3.8) is 0 Å². The second kappa shape index (κ2) is 4.71. The summed E-state index contributed by atoms with van der Waals surface area (Å²) in [5.74, 6) is 0. The molecule has 2 heterocycles. The Morgan fingerprint density at radius 1 is 1.20 bits per heavy atom. The molecule has 0 aliphatic carbocycles. The minimum absolute atomic E-state index is 0.223. The van der Waals surface area contributed by atoms with Crippen LogP contribution in [0.25, 0.3) is 0 Å². The first-order chi connectivity index (χ1) is 7.07. The third kappa shape index (κ3) is 2.75. The minimum Gasteiger partial charge on any atom is -0.288 e. The van der Waals surface area contributed by atoms with Crippen LogP contribution in [0.15, 0.2) is 12.5 Å². The molecule has 0 atom stereocenters. The molecule has 0 saturated heterocycles. The van der Waals surface area contributed by atoms with E-state index in [9.17, 15) is 0 Å². The zero-order chi connectivity index (χ0) is 11.5. The lowest BCUT2D eigenvalue weighted by atomic mass is 10.1. The van der Waals surface area contributed by atoms with Gasteiger partial charge in [0.1, 0.15) is 6.33 Å². The molecule has 2 rings (SSSR count). The van der Waals surface area contributed by atoms with Crippen LogP contribution >= 0.6 is 0 Å². The predicted molar refractivity (Wildman–Crippen MR) is 62.4 cm³/mol. The van der Waals surface area contributed by atoms with Crippen molar-refractivity contribution in [3.05, 3.63) is 23.8 Å². The molecule has 0 unspecified atom stereocenters. The predicted octanol–water partition coefficient (Wildman–Crippen LogP) is 2.62. The van der Waals surface area contributed by atoms with Crippen molar-refractivity contribution >= 4 is 0 Å². The largest absolute Gasteiger partial charge is 0.288 e. The summed E-state index contributed by atoms with van der Waals surface area (Å²) >= 11 is 0. The smallest absolute Gasteiger partial charge is 0.115 e. The monoisotopic (exact) mass is 207 g/mol. The molecule has 3 nitrogen and oxygen atoms in total. The standard InChI is InChI=1S/C10H15N3.C2H6/c1-10(2,3)13-5-8-4-11-7-12-9(8)6-13;1-2/h4,7H,5-6H2,1-3H3;1-2H3. The molecule has 0 amide bonds. The van der Waals surface area contributed by atoms with Gasteiger partial charge in [-0.3, -0.25) is 4.90 Å². The van der Waals surface area contributed by atoms with Crippen LogP contribution in [0, 0.1) is 0 Å². The van der Waals surface area contributed by atoms with E-state index in [0.717, 1.165) is 13.1 Å². The number of hydrogen-bond donors (Lipinski definition) is 0. The van der Waals surface area contributed by atoms with Crippen LogP contribution in [0.4, 0.5) is 0 Å². The fourth-order valence-corrected chi connectivity index (χ4v) is 1.57. The van der Waals surface area contributed by atoms with Crippen molar-refractivity contribution in [2.75, 3.05) is 0 Å². The molecule has 0 aromatic carbocycles. The Balaban J connectivity index is 0.000000531. The summed E-state index contributed by atoms with van der Waals surface area (Å²) in [7, 11) is 0. The average Bonchev–Trinajstić information content (AvgIpc) is 2.63. The first kappa shape index (κ1) is 12.1. The van der Waals surface area contributed by atoms with E-state index < -0.39 is 0 Å². The third-order valence-electron chi connectivity index (χ3n) is 2.53. The van der Waals surface area contributed by atoms with Crippen molar-refractivity contribution < 1.29 is 0 Å². The Kier molecular flexibility index (Phi) is 3.80. The summed E-state index contributed by atoms with van der Waals surface area (Å²) in [5.41, 5.74) is 2.68. The number of hydrogen-bond acceptors (Lipinski definition) is 3. The van der Waals surface area contributed by atoms with Crippen LogP contribution in [0.5, 0.6) is 0 Å². The molecule has 1 aromatic heterocycles. The lowest BCUT2D eigenvalue weighted by molar-refractivity contribution is 0.135. The van der Waals surface area contributed by atoms with Gasteiger partial charge in [0.2, 0.25) is 0 Å². The SMILES string of the molecule is CC.CC(C)(C)N1Cc2cncnc2C1. The Morgan fingerprint density at radius 3 is 2.40 bits per heavy atom. The first-order valence-electron chi connectivity index (χ1n) is 5.60. The van der Waals surface area contributed by atoms with Crippen molar-refractivity contribution in [2.45, 2.75) is 53.2 Å². The zero-order valence-electron chi connectivity index (χ0n) is 10.4. The van der Waals surface area contributed by atoms with E-state index >= 15 is 0 Å². The van der Waals surface area contributed by atoms with Gasteiger partial charge < -0.3 is 0 Å². The summed E-state index contributed by atoms with van der Waals surface area (Å²) in [6.45, 7) is 12.6. The topological polar surface area (TPSA) is 29.0 Å². The summed E-state index contributed by atoms with van der Waals surface area (Å²) < 4.78 is 0. The normalized spacial score (nSPS) is 15.5. The van der Waals surface area contributed by atoms with Gasteiger partial charge in [0.15, 0.2) is 0 Å². The second-order valence-corrected chi connectivity index (χ2v) is 4.52. The van der Waals surface area contributed by atoms with Gasteiger partial charge in [-0.15, -0.1) is 0 Å². The molecule has 0 saturated carbocycles. The van der Waals surface area contributed by atoms with Crippen LogP contribution in [-0.4, -0.2) is 20.4 Å². The van der Waals surface area contributed by atoms with Gasteiger partial charge >= 0.3 is 0 Å². The maximum absolute atomic E-state index is 4.27. The molecular formula is C12H21N3. The van der Waals surface area contributed by atoms with Crippen molar-refractivity contribution in [3.8, 4) is 0 Å². The number of aromatic nitrogens is 2. The Hall–Kier alpha value is -0.960. The van der Waals surface area contributed by atoms with Crippen LogP contribution in [-0.2, 0) is 13.1 Å². The van der Waals surface area contributed by atoms with Crippen LogP contribution in [0.2, 0.25) is 0 Å². The Morgan fingerprint density at radius 2 is 1.87 bits per heavy atom. The van der Waals surface area contributed by atoms with E-state index in [1.54, 1.807) is 6.33 Å². The molecule has 0 fully saturated rings. The average molecular weight is 207 g/mol. The number of fused-ring (bicyclic) bond motifs is 1. The fourth-order valence-electron chi connectivity index (χ4n) is 1.57. The third-order valence-corrected chi connectivity index (χ3v) is 2.53. The van der Waals surface area contributed by atoms with Crippen LogP contribution < -0.4 is 0 Å². The minimum atomic E-state index is 0.223. The van der Waals surface area contributed by atoms with Crippen LogP contribution in [0.1, 0.15) is 45.9 Å². The Labute approximate surface area is 92.6 Å². The molecule has 0 radical (unpaired) electrons. The van der Waals surface area contributed by atoms with Crippen molar-refractivity contribution in [1.82, 2.24) is 14.9 Å². The highest BCUT2D eigenvalue weighted by Gasteiger charge is 2.28. The maximum atomic E-state index is 4.27. The summed E-state index contributed by atoms with van der Waals surface area (Å²) in [5, 5.41) is 0. The van der Waals surface area contributed by atoms with E-state index in [1.807, 2.05) is 20.0 Å². The molecule has 15 heavy (non-hydrogen) atoms. The highest BCUT2D eigenvalue weighted by atomic mass is 15.2. The highest BCUT2D eigenvalue weighted by Crippen LogP contribution is 2.26. The van der Waals surface area contributed by atoms with Gasteiger partial charge in [-0.05, 0) is 20.8 Å². The molecule has 1 aromatic rings. The molecule has 84 valence electrons. The quantitative estimate of drug-likeness (QED) is 0.655. The van der Waals surface area contributed by atoms with Crippen molar-refractivity contribution in [1.29, 1.82) is 0 Å². The molecule has 3 heteroatoms. The van der Waals surface area contributed by atoms with E-state index in [0.29, 0.717) is 0 Å². The Bertz CT molecular complexity index is 290. The van der Waals surface area contributed by atoms with Gasteiger partial charge in [-0.25, -0.2) is 9.97 Å². The van der Waals surface area contributed by atoms with Crippen molar-refractivity contribution in [2.24, 2.45) is 0 Å². The number of nitrogens with zero attached hydrogens (tertiary/aromatic N) is 3. The fraction of sp³-hybridized carbons (Fsp3) is 0.667. The first-order valence-corrected chi connectivity index (χ1v) is 5.60. The maximum Gasteiger partial charge on any atom is 0.115 e. The summed E-state index contributed by atoms with van der Waals surface area (Å²) in [4.78, 5) is 10.7. The molecule has 0 N–H and O–H groups in total. The lowest BCUT2D eigenvalue weighted by Gasteiger charge is -2.30. The van der Waals surface area contributed by atoms with Gasteiger partial charge in [0.25, 0.3) is 0 Å². The van der Waals surface area contributed by atoms with E-state index in [-0.39, 0.29) is 5.54 Å². The molecule has 1 aliphatic rings. The lowest BCUT2D eigenvalue weighted by Crippen LogP contribution is -2.36. The highest BCUT2D eigenvalue weighted by molar-refractivity contribution is 5.20. The van der Waals surface area contributed by atoms with E-state index in [4.69, 9.17) is 0 Å². The molecular weight excluding hydrogens is 186 g/mol. The van der Waals surface area contributed by atoms with Gasteiger partial charge in [-0.2, -0.15) is 0 Å². The summed E-state index contributed by atoms with van der Waals surface area (Å²) in [6.07, 6.45) is 3.55. The second-order valence-electron chi connectivity index (χ2n) is 4.52. The van der Waals surface area contributed by atoms with Gasteiger partial charge in [0.05, 0.1) is 5.69 Å². The summed E-state index contributed by atoms with van der Waals surface area (Å²) in [6, 6.07) is 0. The molecule has 0 bridgehead atoms. The van der Waals surface area contributed by atoms with E-state index in [2.05, 4.69) is 35.6 Å². The van der Waals surface area contributed by atoms with Gasteiger partial charge in [0, 0.05) is 30.4 Å². The zero-order valence-corrected chi connectivity index (χ0v) is 10.4. The van der Waals surface area contributed by atoms with E-state index in [1.165, 1.54) is 11.3 Å². The van der Waals surface area contributed by atoms with Gasteiger partial charge in [-0.1, -0.05) is 13.8 Å². The number of rotatable bonds is 0.